The van der Waals surface area contributed by atoms with Crippen LogP contribution in [0.2, 0.25) is 0 Å². The van der Waals surface area contributed by atoms with Crippen molar-refractivity contribution in [3.8, 4) is 0 Å². The van der Waals surface area contributed by atoms with Crippen LogP contribution < -0.4 is 10.6 Å². The molecule has 4 unspecified atom stereocenters. The predicted octanol–water partition coefficient (Wildman–Crippen LogP) is 4.12. The zero-order chi connectivity index (χ0) is 19.9. The minimum absolute atomic E-state index is 0.150. The number of carbonyl (C=O) groups is 2. The van der Waals surface area contributed by atoms with E-state index in [0.717, 1.165) is 32.1 Å². The molecule has 0 spiro atoms. The fourth-order valence-electron chi connectivity index (χ4n) is 4.16. The summed E-state index contributed by atoms with van der Waals surface area (Å²) in [5, 5.41) is 6.42. The Balaban J connectivity index is 5.56. The molecule has 4 nitrogen and oxygen atoms in total. The molecule has 0 heterocycles. The number of hydrogen-bond donors (Lipinski definition) is 2. The molecule has 148 valence electrons. The number of nitrogens with one attached hydrogen (secondary N) is 2. The van der Waals surface area contributed by atoms with Crippen molar-refractivity contribution in [1.29, 1.82) is 0 Å². The molecule has 4 heteroatoms. The first-order valence-corrected chi connectivity index (χ1v) is 9.97. The monoisotopic (exact) mass is 354 g/mol. The zero-order valence-corrected chi connectivity index (χ0v) is 18.1. The van der Waals surface area contributed by atoms with E-state index in [1.807, 2.05) is 48.7 Å². The second-order valence-electron chi connectivity index (χ2n) is 8.38. The first-order valence-electron chi connectivity index (χ1n) is 9.97. The Kier molecular flexibility index (Phi) is 9.53. The number of carbonyl (C=O) groups excluding carboxylic acids is 2. The molecule has 0 aromatic carbocycles. The van der Waals surface area contributed by atoms with E-state index in [1.54, 1.807) is 0 Å². The van der Waals surface area contributed by atoms with E-state index in [1.165, 1.54) is 0 Å². The van der Waals surface area contributed by atoms with Gasteiger partial charge in [0.05, 0.1) is 11.1 Å². The Labute approximate surface area is 155 Å². The highest BCUT2D eigenvalue weighted by atomic mass is 16.1. The molecular weight excluding hydrogens is 312 g/mol. The van der Waals surface area contributed by atoms with Gasteiger partial charge < -0.3 is 10.6 Å². The van der Waals surface area contributed by atoms with Crippen LogP contribution in [-0.2, 0) is 9.59 Å². The van der Waals surface area contributed by atoms with Gasteiger partial charge in [0.15, 0.2) is 11.6 Å². The van der Waals surface area contributed by atoms with Gasteiger partial charge in [0.1, 0.15) is 0 Å². The van der Waals surface area contributed by atoms with Gasteiger partial charge in [-0.15, -0.1) is 0 Å². The van der Waals surface area contributed by atoms with Gasteiger partial charge >= 0.3 is 0 Å². The Hall–Kier alpha value is -0.740. The third-order valence-electron chi connectivity index (χ3n) is 6.16. The van der Waals surface area contributed by atoms with Gasteiger partial charge in [0.2, 0.25) is 0 Å². The lowest BCUT2D eigenvalue weighted by Crippen LogP contribution is -2.55. The molecule has 0 bridgehead atoms. The molecule has 0 aliphatic rings. The van der Waals surface area contributed by atoms with Gasteiger partial charge in [-0.3, -0.25) is 9.59 Å². The summed E-state index contributed by atoms with van der Waals surface area (Å²) in [4.78, 5) is 26.4. The van der Waals surface area contributed by atoms with Gasteiger partial charge in [0.25, 0.3) is 0 Å². The van der Waals surface area contributed by atoms with E-state index in [9.17, 15) is 9.59 Å². The van der Waals surface area contributed by atoms with Crippen LogP contribution in [0.1, 0.15) is 87.0 Å². The summed E-state index contributed by atoms with van der Waals surface area (Å²) in [6.45, 7) is 14.2. The van der Waals surface area contributed by atoms with Crippen molar-refractivity contribution in [1.82, 2.24) is 10.6 Å². The highest BCUT2D eigenvalue weighted by Gasteiger charge is 2.45. The summed E-state index contributed by atoms with van der Waals surface area (Å²) in [6.07, 6.45) is 4.86. The minimum Gasteiger partial charge on any atom is -0.308 e. The van der Waals surface area contributed by atoms with Crippen molar-refractivity contribution in [3.05, 3.63) is 0 Å². The highest BCUT2D eigenvalue weighted by molar-refractivity contribution is 5.94. The lowest BCUT2D eigenvalue weighted by molar-refractivity contribution is -0.137. The lowest BCUT2D eigenvalue weighted by atomic mass is 9.66. The summed E-state index contributed by atoms with van der Waals surface area (Å²) in [5.74, 6) is 0.297. The summed E-state index contributed by atoms with van der Waals surface area (Å²) >= 11 is 0. The van der Waals surface area contributed by atoms with E-state index in [-0.39, 0.29) is 17.5 Å². The van der Waals surface area contributed by atoms with E-state index < -0.39 is 16.5 Å². The topological polar surface area (TPSA) is 58.2 Å². The quantitative estimate of drug-likeness (QED) is 0.522. The van der Waals surface area contributed by atoms with Gasteiger partial charge in [0, 0.05) is 11.3 Å². The maximum absolute atomic E-state index is 13.4. The standard InChI is InChI=1S/C21H42N2O2/c1-10-13-19(5,18(25)20(6,12-3)22-8)15-16(4)17(24)21(7,23-9)14-11-2/h16,22-23H,10-15H2,1-9H3. The van der Waals surface area contributed by atoms with Crippen LogP contribution in [0.25, 0.3) is 0 Å². The average Bonchev–Trinajstić information content (AvgIpc) is 2.59. The number of hydrogen-bond acceptors (Lipinski definition) is 4. The van der Waals surface area contributed by atoms with Gasteiger partial charge in [-0.05, 0) is 53.6 Å². The predicted molar refractivity (Wildman–Crippen MR) is 107 cm³/mol. The van der Waals surface area contributed by atoms with E-state index in [0.29, 0.717) is 6.42 Å². The molecule has 0 aromatic heterocycles. The van der Waals surface area contributed by atoms with Crippen molar-refractivity contribution in [3.63, 3.8) is 0 Å². The Morgan fingerprint density at radius 3 is 1.72 bits per heavy atom. The van der Waals surface area contributed by atoms with E-state index in [2.05, 4.69) is 24.5 Å². The molecule has 0 amide bonds. The van der Waals surface area contributed by atoms with Crippen LogP contribution in [-0.4, -0.2) is 36.7 Å². The van der Waals surface area contributed by atoms with Crippen LogP contribution >= 0.6 is 0 Å². The maximum atomic E-state index is 13.4. The molecule has 25 heavy (non-hydrogen) atoms. The Bertz CT molecular complexity index is 445. The second-order valence-corrected chi connectivity index (χ2v) is 8.38. The fourth-order valence-corrected chi connectivity index (χ4v) is 4.16. The molecule has 0 radical (unpaired) electrons. The maximum Gasteiger partial charge on any atom is 0.158 e. The zero-order valence-electron chi connectivity index (χ0n) is 18.1. The van der Waals surface area contributed by atoms with E-state index >= 15 is 0 Å². The summed E-state index contributed by atoms with van der Waals surface area (Å²) in [6, 6.07) is 0. The van der Waals surface area contributed by atoms with Crippen molar-refractivity contribution in [2.24, 2.45) is 11.3 Å². The smallest absolute Gasteiger partial charge is 0.158 e. The third-order valence-corrected chi connectivity index (χ3v) is 6.16. The summed E-state index contributed by atoms with van der Waals surface area (Å²) in [5.41, 5.74) is -1.54. The molecule has 0 fully saturated rings. The molecule has 4 atom stereocenters. The van der Waals surface area contributed by atoms with E-state index in [4.69, 9.17) is 0 Å². The van der Waals surface area contributed by atoms with Crippen LogP contribution in [0.15, 0.2) is 0 Å². The van der Waals surface area contributed by atoms with Gasteiger partial charge in [-0.1, -0.05) is 47.5 Å². The SMILES string of the molecule is CCCC(C)(CC(C)C(=O)C(C)(CCC)NC)C(=O)C(C)(CC)NC. The molecule has 0 rings (SSSR count). The molecule has 0 saturated heterocycles. The molecule has 2 N–H and O–H groups in total. The van der Waals surface area contributed by atoms with Crippen LogP contribution in [0.4, 0.5) is 0 Å². The normalized spacial score (nSPS) is 20.2. The number of likely N-dealkylation sites (N-methyl/N-ethyl adjacent to an activating group) is 2. The average molecular weight is 355 g/mol. The van der Waals surface area contributed by atoms with Gasteiger partial charge in [-0.2, -0.15) is 0 Å². The fraction of sp³-hybridized carbons (Fsp3) is 0.905. The Morgan fingerprint density at radius 2 is 1.36 bits per heavy atom. The van der Waals surface area contributed by atoms with Crippen molar-refractivity contribution in [2.45, 2.75) is 98.1 Å². The number of Topliss-reactive ketones (excluding diaryl/α,β-unsaturated/α-hetero) is 2. The molecular formula is C21H42N2O2. The summed E-state index contributed by atoms with van der Waals surface area (Å²) < 4.78 is 0. The van der Waals surface area contributed by atoms with Crippen LogP contribution in [0.3, 0.4) is 0 Å². The summed E-state index contributed by atoms with van der Waals surface area (Å²) in [7, 11) is 3.70. The van der Waals surface area contributed by atoms with Crippen LogP contribution in [0, 0.1) is 11.3 Å². The number of rotatable bonds is 13. The molecule has 0 saturated carbocycles. The largest absolute Gasteiger partial charge is 0.308 e. The first kappa shape index (κ1) is 24.3. The molecule has 0 aliphatic carbocycles. The van der Waals surface area contributed by atoms with Crippen molar-refractivity contribution < 1.29 is 9.59 Å². The molecule has 0 aromatic rings. The lowest BCUT2D eigenvalue weighted by Gasteiger charge is -2.40. The van der Waals surface area contributed by atoms with Crippen molar-refractivity contribution in [2.75, 3.05) is 14.1 Å². The van der Waals surface area contributed by atoms with Crippen LogP contribution in [0.5, 0.6) is 0 Å². The minimum atomic E-state index is -0.539. The second kappa shape index (κ2) is 9.82. The highest BCUT2D eigenvalue weighted by Crippen LogP contribution is 2.38. The van der Waals surface area contributed by atoms with Gasteiger partial charge in [-0.25, -0.2) is 0 Å². The Morgan fingerprint density at radius 1 is 0.880 bits per heavy atom. The third kappa shape index (κ3) is 5.62. The molecule has 0 aliphatic heterocycles. The first-order chi connectivity index (χ1) is 11.5. The van der Waals surface area contributed by atoms with Crippen molar-refractivity contribution >= 4 is 11.6 Å². The number of ketones is 2.